The number of carboxylic acid groups (broad SMARTS) is 1. The van der Waals surface area contributed by atoms with Crippen LogP contribution in [0.4, 0.5) is 11.8 Å². The molecule has 2 bridgehead atoms. The number of anilines is 2. The minimum Gasteiger partial charge on any atom is -0.481 e. The molecule has 21 nitrogen and oxygen atoms in total. The van der Waals surface area contributed by atoms with Gasteiger partial charge in [-0.3, -0.25) is 37.3 Å². The van der Waals surface area contributed by atoms with Gasteiger partial charge in [-0.1, -0.05) is 64.6 Å². The van der Waals surface area contributed by atoms with Crippen LogP contribution in [-0.2, 0) is 48.7 Å². The van der Waals surface area contributed by atoms with Crippen molar-refractivity contribution in [3.8, 4) is 0 Å². The molecule has 4 aromatic heterocycles. The van der Waals surface area contributed by atoms with Crippen molar-refractivity contribution in [2.24, 2.45) is 5.92 Å². The predicted molar refractivity (Wildman–Crippen MR) is 207 cm³/mol. The van der Waals surface area contributed by atoms with E-state index >= 15 is 0 Å². The molecule has 7 heterocycles. The number of nitrogen functional groups attached to an aromatic ring is 2. The number of carboxylic acids is 1. The number of aromatic nitrogens is 8. The number of unbranched alkanes of at least 4 members (excludes halogenated alkanes) is 5. The molecule has 56 heavy (non-hydrogen) atoms. The molecule has 0 amide bonds. The van der Waals surface area contributed by atoms with Crippen molar-refractivity contribution in [2.75, 3.05) is 18.1 Å². The molecule has 0 aromatic carbocycles. The van der Waals surface area contributed by atoms with Crippen LogP contribution in [0.3, 0.4) is 0 Å². The van der Waals surface area contributed by atoms with Gasteiger partial charge in [0.05, 0.1) is 37.9 Å². The van der Waals surface area contributed by atoms with E-state index in [0.29, 0.717) is 17.6 Å². The van der Waals surface area contributed by atoms with Crippen molar-refractivity contribution in [1.29, 1.82) is 0 Å². The SMILES string of the molecule is CCCCCCCCC1(CC(=O)O)OP(O)(=S)O[C@H]2C[C@H](n3cnc4c(N)ncnc43)O[C@@H]2COP(=O)(S)O[C@@H]2[C@H](C)[C@@H]1O[C@H]2n1cnc2c(=O)[nH]c(N)nc21. The molecule has 0 saturated carbocycles. The third-order valence-electron chi connectivity index (χ3n) is 10.3. The van der Waals surface area contributed by atoms with Crippen LogP contribution in [0.1, 0.15) is 84.1 Å². The van der Waals surface area contributed by atoms with Gasteiger partial charge in [0, 0.05) is 12.3 Å². The summed E-state index contributed by atoms with van der Waals surface area (Å²) >= 11 is 10.0. The third-order valence-corrected chi connectivity index (χ3v) is 13.5. The Morgan fingerprint density at radius 3 is 2.55 bits per heavy atom. The fourth-order valence-electron chi connectivity index (χ4n) is 7.80. The van der Waals surface area contributed by atoms with Gasteiger partial charge in [0.25, 0.3) is 5.56 Å². The molecule has 0 aliphatic carbocycles. The van der Waals surface area contributed by atoms with Crippen LogP contribution < -0.4 is 17.0 Å². The Labute approximate surface area is 330 Å². The molecule has 3 aliphatic heterocycles. The minimum atomic E-state index is -4.39. The molecule has 3 unspecified atom stereocenters. The maximum atomic E-state index is 14.2. The number of nitrogens with two attached hydrogens (primary N) is 2. The molecular weight excluding hydrogens is 814 g/mol. The zero-order valence-corrected chi connectivity index (χ0v) is 33.9. The second-order valence-corrected chi connectivity index (χ2v) is 19.8. The van der Waals surface area contributed by atoms with E-state index < -0.39 is 86.5 Å². The van der Waals surface area contributed by atoms with E-state index in [-0.39, 0.29) is 35.8 Å². The maximum Gasteiger partial charge on any atom is 0.386 e. The summed E-state index contributed by atoms with van der Waals surface area (Å²) in [5.41, 5.74) is 10.1. The molecule has 306 valence electrons. The number of fused-ring (bicyclic) bond motifs is 5. The van der Waals surface area contributed by atoms with Crippen molar-refractivity contribution in [3.63, 3.8) is 0 Å². The second-order valence-electron chi connectivity index (χ2n) is 14.2. The Kier molecular flexibility index (Phi) is 12.0. The minimum absolute atomic E-state index is 0.0114. The van der Waals surface area contributed by atoms with Gasteiger partial charge < -0.3 is 35.5 Å². The number of thiol groups is 1. The Balaban J connectivity index is 1.30. The highest BCUT2D eigenvalue weighted by Gasteiger charge is 2.59. The fourth-order valence-corrected chi connectivity index (χ4v) is 11.4. The van der Waals surface area contributed by atoms with Crippen LogP contribution in [-0.4, -0.2) is 91.6 Å². The number of hydrogen-bond donors (Lipinski definition) is 6. The van der Waals surface area contributed by atoms with Gasteiger partial charge in [-0.2, -0.15) is 4.98 Å². The van der Waals surface area contributed by atoms with Crippen molar-refractivity contribution >= 4 is 77.6 Å². The highest BCUT2D eigenvalue weighted by molar-refractivity contribution is 8.44. The standard InChI is InChI=1S/C31H44N10O11P2S2/c1-3-4-5-6-7-8-9-31(11-20(42)43)24-16(2)23(29(49-24)41-15-37-22-27(41)38-30(33)39-28(22)44)51-53(45,55)47-12-18-17(50-54(46,56)52-31)10-19(48-18)40-14-36-21-25(32)34-13-35-26(21)40/h13-19,23-24,29H,3-12H2,1-2H3,(H,42,43)(H,45,55)(H,46,56)(H2,32,34,35)(H3,33,38,39,44)/t16-,17-,18+,19+,23+,24-,29+,31?,53?,54?/m0/s1. The van der Waals surface area contributed by atoms with Gasteiger partial charge >= 0.3 is 19.5 Å². The number of ether oxygens (including phenoxy) is 2. The largest absolute Gasteiger partial charge is 0.481 e. The van der Waals surface area contributed by atoms with Crippen LogP contribution in [0.25, 0.3) is 22.3 Å². The van der Waals surface area contributed by atoms with Gasteiger partial charge in [0.1, 0.15) is 35.9 Å². The lowest BCUT2D eigenvalue weighted by molar-refractivity contribution is -0.157. The Bertz CT molecular complexity index is 2240. The summed E-state index contributed by atoms with van der Waals surface area (Å²) in [5, 5.41) is 10.4. The summed E-state index contributed by atoms with van der Waals surface area (Å²) in [4.78, 5) is 61.0. The molecule has 25 heteroatoms. The van der Waals surface area contributed by atoms with Crippen molar-refractivity contribution in [2.45, 2.75) is 114 Å². The quantitative estimate of drug-likeness (QED) is 0.0706. The Hall–Kier alpha value is -3.08. The number of nitrogens with one attached hydrogen (secondary N) is 1. The zero-order valence-electron chi connectivity index (χ0n) is 30.4. The van der Waals surface area contributed by atoms with Gasteiger partial charge in [0.2, 0.25) is 5.95 Å². The van der Waals surface area contributed by atoms with Gasteiger partial charge in [-0.05, 0) is 18.2 Å². The monoisotopic (exact) mass is 858 g/mol. The Morgan fingerprint density at radius 1 is 1.05 bits per heavy atom. The number of aliphatic carboxylic acids is 1. The average Bonchev–Trinajstić information content (AvgIpc) is 3.90. The molecule has 4 aromatic rings. The molecule has 3 saturated heterocycles. The van der Waals surface area contributed by atoms with Crippen molar-refractivity contribution in [3.05, 3.63) is 29.3 Å². The zero-order chi connectivity index (χ0) is 40.0. The number of nitrogens with zero attached hydrogens (tertiary/aromatic N) is 7. The molecule has 7 rings (SSSR count). The fraction of sp³-hybridized carbons (Fsp3) is 0.645. The highest BCUT2D eigenvalue weighted by Crippen LogP contribution is 2.62. The first kappa shape index (κ1) is 41.1. The van der Waals surface area contributed by atoms with E-state index in [0.717, 1.165) is 32.1 Å². The van der Waals surface area contributed by atoms with Crippen LogP contribution >= 0.6 is 25.8 Å². The van der Waals surface area contributed by atoms with E-state index in [9.17, 15) is 24.2 Å². The topological polar surface area (TPSA) is 289 Å². The van der Waals surface area contributed by atoms with Crippen molar-refractivity contribution < 1.29 is 46.9 Å². The lowest BCUT2D eigenvalue weighted by Gasteiger charge is -2.41. The molecule has 0 radical (unpaired) electrons. The summed E-state index contributed by atoms with van der Waals surface area (Å²) in [5.74, 6) is -2.15. The lowest BCUT2D eigenvalue weighted by Crippen LogP contribution is -2.49. The van der Waals surface area contributed by atoms with E-state index in [1.807, 2.05) is 0 Å². The highest BCUT2D eigenvalue weighted by atomic mass is 32.7. The Morgan fingerprint density at radius 2 is 1.79 bits per heavy atom. The average molecular weight is 859 g/mol. The molecule has 7 N–H and O–H groups in total. The van der Waals surface area contributed by atoms with E-state index in [1.54, 1.807) is 11.5 Å². The van der Waals surface area contributed by atoms with E-state index in [4.69, 9.17) is 50.8 Å². The third kappa shape index (κ3) is 8.40. The van der Waals surface area contributed by atoms with Crippen LogP contribution in [0, 0.1) is 5.92 Å². The molecule has 0 spiro atoms. The van der Waals surface area contributed by atoms with Crippen LogP contribution in [0.15, 0.2) is 23.8 Å². The molecular formula is C31H44N10O11P2S2. The maximum absolute atomic E-state index is 14.2. The summed E-state index contributed by atoms with van der Waals surface area (Å²) in [6.07, 6.45) is 2.04. The van der Waals surface area contributed by atoms with Crippen molar-refractivity contribution in [1.82, 2.24) is 39.0 Å². The first-order valence-electron chi connectivity index (χ1n) is 18.2. The number of aromatic amines is 1. The lowest BCUT2D eigenvalue weighted by atomic mass is 9.80. The molecule has 3 fully saturated rings. The smallest absolute Gasteiger partial charge is 0.386 e. The predicted octanol–water partition coefficient (Wildman–Crippen LogP) is 3.98. The number of rotatable bonds is 11. The van der Waals surface area contributed by atoms with Gasteiger partial charge in [0.15, 0.2) is 28.9 Å². The van der Waals surface area contributed by atoms with Gasteiger partial charge in [-0.25, -0.2) is 24.5 Å². The number of carbonyl (C=O) groups is 1. The summed E-state index contributed by atoms with van der Waals surface area (Å²) < 4.78 is 54.8. The number of H-pyrrole nitrogens is 1. The second kappa shape index (κ2) is 16.3. The molecule has 10 atom stereocenters. The summed E-state index contributed by atoms with van der Waals surface area (Å²) in [6.45, 7) is -5.34. The van der Waals surface area contributed by atoms with Gasteiger partial charge in [-0.15, -0.1) is 0 Å². The summed E-state index contributed by atoms with van der Waals surface area (Å²) in [6, 6.07) is 0. The first-order valence-corrected chi connectivity index (χ1v) is 23.4. The molecule has 3 aliphatic rings. The first-order chi connectivity index (χ1) is 26.6. The van der Waals surface area contributed by atoms with Crippen LogP contribution in [0.2, 0.25) is 0 Å². The van der Waals surface area contributed by atoms with E-state index in [2.05, 4.69) is 49.1 Å². The van der Waals surface area contributed by atoms with Crippen LogP contribution in [0.5, 0.6) is 0 Å². The normalized spacial score (nSPS) is 33.9. The van der Waals surface area contributed by atoms with E-state index in [1.165, 1.54) is 23.5 Å². The number of hydrogen-bond acceptors (Lipinski definition) is 17. The summed E-state index contributed by atoms with van der Waals surface area (Å²) in [7, 11) is 0. The number of imidazole rings is 2.